The number of halogens is 3. The van der Waals surface area contributed by atoms with E-state index in [1.807, 2.05) is 13.8 Å². The van der Waals surface area contributed by atoms with E-state index in [0.29, 0.717) is 27.3 Å². The van der Waals surface area contributed by atoms with Crippen LogP contribution in [0.4, 0.5) is 4.39 Å². The van der Waals surface area contributed by atoms with Gasteiger partial charge in [-0.15, -0.1) is 0 Å². The fourth-order valence-electron chi connectivity index (χ4n) is 2.07. The zero-order chi connectivity index (χ0) is 15.1. The fraction of sp³-hybridized carbons (Fsp3) is 0.133. The maximum absolute atomic E-state index is 14.2. The minimum atomic E-state index is -0.474. The van der Waals surface area contributed by atoms with E-state index in [0.717, 1.165) is 11.4 Å². The molecule has 1 aromatic carbocycles. The third-order valence-electron chi connectivity index (χ3n) is 3.22. The van der Waals surface area contributed by atoms with E-state index in [1.54, 1.807) is 18.2 Å². The van der Waals surface area contributed by atoms with E-state index in [-0.39, 0.29) is 5.15 Å². The summed E-state index contributed by atoms with van der Waals surface area (Å²) in [5, 5.41) is 0.560. The molecular weight excluding hydrogens is 312 g/mol. The van der Waals surface area contributed by atoms with Crippen LogP contribution in [0.3, 0.4) is 0 Å². The van der Waals surface area contributed by atoms with Crippen molar-refractivity contribution in [3.8, 4) is 11.3 Å². The molecule has 3 aromatic rings. The van der Waals surface area contributed by atoms with Gasteiger partial charge in [-0.3, -0.25) is 0 Å². The summed E-state index contributed by atoms with van der Waals surface area (Å²) in [6.45, 7) is 3.71. The SMILES string of the molecule is Cc1nc2cc(Cl)nc(-c3ccc(Cl)cc3F)c2nc1C. The molecule has 0 N–H and O–H groups in total. The second-order valence-corrected chi connectivity index (χ2v) is 5.50. The Morgan fingerprint density at radius 3 is 2.38 bits per heavy atom. The molecule has 0 saturated carbocycles. The zero-order valence-electron chi connectivity index (χ0n) is 11.3. The van der Waals surface area contributed by atoms with Gasteiger partial charge in [0.05, 0.1) is 16.9 Å². The lowest BCUT2D eigenvalue weighted by Crippen LogP contribution is -1.98. The van der Waals surface area contributed by atoms with Crippen molar-refractivity contribution in [3.63, 3.8) is 0 Å². The average molecular weight is 322 g/mol. The van der Waals surface area contributed by atoms with Crippen LogP contribution in [-0.4, -0.2) is 15.0 Å². The highest BCUT2D eigenvalue weighted by atomic mass is 35.5. The Hall–Kier alpha value is -1.78. The number of rotatable bonds is 1. The monoisotopic (exact) mass is 321 g/mol. The number of hydrogen-bond acceptors (Lipinski definition) is 3. The quantitative estimate of drug-likeness (QED) is 0.607. The molecule has 106 valence electrons. The summed E-state index contributed by atoms with van der Waals surface area (Å²) in [5.74, 6) is -0.474. The molecule has 2 aromatic heterocycles. The molecule has 21 heavy (non-hydrogen) atoms. The van der Waals surface area contributed by atoms with Crippen LogP contribution in [-0.2, 0) is 0 Å². The summed E-state index contributed by atoms with van der Waals surface area (Å²) < 4.78 is 14.2. The summed E-state index contributed by atoms with van der Waals surface area (Å²) >= 11 is 11.8. The first kappa shape index (κ1) is 14.2. The minimum Gasteiger partial charge on any atom is -0.249 e. The van der Waals surface area contributed by atoms with E-state index >= 15 is 0 Å². The van der Waals surface area contributed by atoms with Crippen molar-refractivity contribution in [2.45, 2.75) is 13.8 Å². The molecule has 0 aliphatic heterocycles. The summed E-state index contributed by atoms with van der Waals surface area (Å²) in [4.78, 5) is 13.1. The van der Waals surface area contributed by atoms with Crippen LogP contribution in [0.25, 0.3) is 22.3 Å². The highest BCUT2D eigenvalue weighted by Gasteiger charge is 2.15. The molecule has 6 heteroatoms. The van der Waals surface area contributed by atoms with Crippen LogP contribution < -0.4 is 0 Å². The molecule has 0 bridgehead atoms. The van der Waals surface area contributed by atoms with Gasteiger partial charge in [0.15, 0.2) is 0 Å². The first-order chi connectivity index (χ1) is 9.95. The number of nitrogens with zero attached hydrogens (tertiary/aromatic N) is 3. The molecule has 0 unspecified atom stereocenters. The molecule has 0 amide bonds. The van der Waals surface area contributed by atoms with Gasteiger partial charge < -0.3 is 0 Å². The Balaban J connectivity index is 2.38. The van der Waals surface area contributed by atoms with Gasteiger partial charge in [-0.1, -0.05) is 23.2 Å². The summed E-state index contributed by atoms with van der Waals surface area (Å²) in [5.41, 5.74) is 3.33. The van der Waals surface area contributed by atoms with Crippen molar-refractivity contribution in [1.82, 2.24) is 15.0 Å². The molecule has 3 rings (SSSR count). The van der Waals surface area contributed by atoms with E-state index in [2.05, 4.69) is 15.0 Å². The van der Waals surface area contributed by atoms with E-state index in [4.69, 9.17) is 23.2 Å². The van der Waals surface area contributed by atoms with Crippen molar-refractivity contribution in [2.75, 3.05) is 0 Å². The summed E-state index contributed by atoms with van der Waals surface area (Å²) in [6.07, 6.45) is 0. The van der Waals surface area contributed by atoms with Crippen molar-refractivity contribution >= 4 is 34.2 Å². The number of pyridine rings is 1. The first-order valence-electron chi connectivity index (χ1n) is 6.22. The number of aromatic nitrogens is 3. The lowest BCUT2D eigenvalue weighted by Gasteiger charge is -2.09. The molecular formula is C15H10Cl2FN3. The maximum Gasteiger partial charge on any atom is 0.134 e. The average Bonchev–Trinajstić information content (AvgIpc) is 2.40. The Kier molecular flexibility index (Phi) is 3.51. The highest BCUT2D eigenvalue weighted by molar-refractivity contribution is 6.31. The smallest absolute Gasteiger partial charge is 0.134 e. The van der Waals surface area contributed by atoms with Crippen LogP contribution in [0.15, 0.2) is 24.3 Å². The Morgan fingerprint density at radius 2 is 1.67 bits per heavy atom. The normalized spacial score (nSPS) is 11.1. The molecule has 0 saturated heterocycles. The topological polar surface area (TPSA) is 38.7 Å². The second kappa shape index (κ2) is 5.20. The lowest BCUT2D eigenvalue weighted by molar-refractivity contribution is 0.631. The predicted octanol–water partition coefficient (Wildman–Crippen LogP) is 4.75. The Bertz CT molecular complexity index is 865. The van der Waals surface area contributed by atoms with Crippen LogP contribution in [0.5, 0.6) is 0 Å². The van der Waals surface area contributed by atoms with Gasteiger partial charge in [0.2, 0.25) is 0 Å². The minimum absolute atomic E-state index is 0.240. The van der Waals surface area contributed by atoms with Crippen molar-refractivity contribution in [3.05, 3.63) is 51.6 Å². The number of hydrogen-bond donors (Lipinski definition) is 0. The van der Waals surface area contributed by atoms with Gasteiger partial charge in [0, 0.05) is 16.7 Å². The fourth-order valence-corrected chi connectivity index (χ4v) is 2.42. The first-order valence-corrected chi connectivity index (χ1v) is 6.98. The second-order valence-electron chi connectivity index (χ2n) is 4.68. The Morgan fingerprint density at radius 1 is 0.952 bits per heavy atom. The van der Waals surface area contributed by atoms with Gasteiger partial charge in [0.25, 0.3) is 0 Å². The van der Waals surface area contributed by atoms with Gasteiger partial charge in [-0.2, -0.15) is 0 Å². The van der Waals surface area contributed by atoms with Gasteiger partial charge in [-0.05, 0) is 32.0 Å². The van der Waals surface area contributed by atoms with E-state index in [9.17, 15) is 4.39 Å². The number of benzene rings is 1. The summed E-state index contributed by atoms with van der Waals surface area (Å²) in [7, 11) is 0. The molecule has 2 heterocycles. The summed E-state index contributed by atoms with van der Waals surface area (Å²) in [6, 6.07) is 6.02. The maximum atomic E-state index is 14.2. The molecule has 3 nitrogen and oxygen atoms in total. The number of fused-ring (bicyclic) bond motifs is 1. The third-order valence-corrected chi connectivity index (χ3v) is 3.65. The zero-order valence-corrected chi connectivity index (χ0v) is 12.8. The van der Waals surface area contributed by atoms with Crippen LogP contribution in [0.1, 0.15) is 11.4 Å². The van der Waals surface area contributed by atoms with Gasteiger partial charge in [-0.25, -0.2) is 19.3 Å². The predicted molar refractivity (Wildman–Crippen MR) is 82.2 cm³/mol. The van der Waals surface area contributed by atoms with Crippen LogP contribution >= 0.6 is 23.2 Å². The van der Waals surface area contributed by atoms with E-state index in [1.165, 1.54) is 6.07 Å². The van der Waals surface area contributed by atoms with Crippen LogP contribution in [0, 0.1) is 19.7 Å². The van der Waals surface area contributed by atoms with E-state index < -0.39 is 5.82 Å². The number of aryl methyl sites for hydroxylation is 2. The highest BCUT2D eigenvalue weighted by Crippen LogP contribution is 2.30. The molecule has 0 aliphatic rings. The third kappa shape index (κ3) is 2.57. The largest absolute Gasteiger partial charge is 0.249 e. The standard InChI is InChI=1S/C15H10Cl2FN3/c1-7-8(2)20-15-12(19-7)6-13(17)21-14(15)10-4-3-9(16)5-11(10)18/h3-6H,1-2H3. The van der Waals surface area contributed by atoms with Gasteiger partial charge in [0.1, 0.15) is 22.2 Å². The van der Waals surface area contributed by atoms with Gasteiger partial charge >= 0.3 is 0 Å². The molecule has 0 fully saturated rings. The lowest BCUT2D eigenvalue weighted by atomic mass is 10.1. The van der Waals surface area contributed by atoms with Crippen molar-refractivity contribution in [1.29, 1.82) is 0 Å². The molecule has 0 atom stereocenters. The van der Waals surface area contributed by atoms with Crippen LogP contribution in [0.2, 0.25) is 10.2 Å². The molecule has 0 aliphatic carbocycles. The molecule has 0 radical (unpaired) electrons. The Labute approximate surface area is 130 Å². The van der Waals surface area contributed by atoms with Crippen molar-refractivity contribution in [2.24, 2.45) is 0 Å². The van der Waals surface area contributed by atoms with Crippen molar-refractivity contribution < 1.29 is 4.39 Å². The molecule has 0 spiro atoms.